The van der Waals surface area contributed by atoms with Gasteiger partial charge >= 0.3 is 6.18 Å². The number of aliphatic hydroxyl groups is 1. The fourth-order valence-corrected chi connectivity index (χ4v) is 3.69. The molecule has 2 fully saturated rings. The van der Waals surface area contributed by atoms with Gasteiger partial charge in [0.1, 0.15) is 0 Å². The monoisotopic (exact) mass is 375 g/mol. The van der Waals surface area contributed by atoms with Crippen molar-refractivity contribution >= 4 is 5.91 Å². The second-order valence-corrected chi connectivity index (χ2v) is 7.18. The Kier molecular flexibility index (Phi) is 5.30. The number of hydrogen-bond acceptors (Lipinski definition) is 4. The number of piperidine rings is 1. The molecule has 0 unspecified atom stereocenters. The number of likely N-dealkylation sites (tertiary alicyclic amines) is 1. The van der Waals surface area contributed by atoms with Crippen LogP contribution in [0.4, 0.5) is 13.2 Å². The summed E-state index contributed by atoms with van der Waals surface area (Å²) in [6, 6.07) is 2.23. The molecule has 0 radical (unpaired) electrons. The van der Waals surface area contributed by atoms with Crippen molar-refractivity contribution in [2.75, 3.05) is 26.3 Å². The lowest BCUT2D eigenvalue weighted by molar-refractivity contribution is -0.250. The van der Waals surface area contributed by atoms with Crippen LogP contribution in [0.1, 0.15) is 50.3 Å². The van der Waals surface area contributed by atoms with Gasteiger partial charge < -0.3 is 14.7 Å². The van der Waals surface area contributed by atoms with Crippen LogP contribution in [0.5, 0.6) is 0 Å². The summed E-state index contributed by atoms with van der Waals surface area (Å²) in [5, 5.41) is 14.0. The summed E-state index contributed by atoms with van der Waals surface area (Å²) in [7, 11) is 0. The van der Waals surface area contributed by atoms with E-state index in [0.29, 0.717) is 33.0 Å². The summed E-state index contributed by atoms with van der Waals surface area (Å²) in [4.78, 5) is 13.2. The molecule has 0 aromatic carbocycles. The molecule has 2 aliphatic rings. The Hall–Kier alpha value is -1.61. The van der Waals surface area contributed by atoms with Crippen molar-refractivity contribution < 1.29 is 27.8 Å². The predicted molar refractivity (Wildman–Crippen MR) is 86.6 cm³/mol. The van der Waals surface area contributed by atoms with Crippen molar-refractivity contribution in [3.63, 3.8) is 0 Å². The molecule has 0 aliphatic carbocycles. The van der Waals surface area contributed by atoms with Crippen LogP contribution in [-0.2, 0) is 9.53 Å². The molecular formula is C17H24F3N3O3. The highest BCUT2D eigenvalue weighted by Crippen LogP contribution is 2.35. The van der Waals surface area contributed by atoms with E-state index in [0.717, 1.165) is 23.4 Å². The Labute approximate surface area is 149 Å². The van der Waals surface area contributed by atoms with Gasteiger partial charge in [0.15, 0.2) is 0 Å². The zero-order valence-electron chi connectivity index (χ0n) is 14.7. The number of aromatic nitrogens is 2. The molecule has 3 rings (SSSR count). The van der Waals surface area contributed by atoms with E-state index in [2.05, 4.69) is 5.10 Å². The third-order valence-electron chi connectivity index (χ3n) is 5.41. The van der Waals surface area contributed by atoms with Crippen molar-refractivity contribution in [3.05, 3.63) is 18.0 Å². The van der Waals surface area contributed by atoms with Crippen LogP contribution in [0.2, 0.25) is 0 Å². The first-order valence-corrected chi connectivity index (χ1v) is 8.91. The van der Waals surface area contributed by atoms with E-state index in [1.807, 2.05) is 10.7 Å². The summed E-state index contributed by atoms with van der Waals surface area (Å²) in [6.07, 6.45) is -0.358. The molecule has 1 aromatic rings. The lowest BCUT2D eigenvalue weighted by Gasteiger charge is -2.37. The molecule has 0 saturated carbocycles. The maximum absolute atomic E-state index is 12.9. The first-order valence-electron chi connectivity index (χ1n) is 8.91. The normalized spacial score (nSPS) is 23.0. The van der Waals surface area contributed by atoms with Crippen molar-refractivity contribution in [3.8, 4) is 0 Å². The zero-order valence-corrected chi connectivity index (χ0v) is 14.7. The standard InChI is InChI=1S/C17H24F3N3O3/c1-16(25,17(18,19)20)15(24)22-8-3-12(4-9-22)14-2-7-21-23(14)13-5-10-26-11-6-13/h2,7,12-13,25H,3-6,8-11H2,1H3/t16-/m1/s1. The van der Waals surface area contributed by atoms with Gasteiger partial charge in [-0.1, -0.05) is 0 Å². The average Bonchev–Trinajstić information content (AvgIpc) is 3.10. The number of alkyl halides is 3. The van der Waals surface area contributed by atoms with E-state index < -0.39 is 17.7 Å². The van der Waals surface area contributed by atoms with Crippen LogP contribution in [0.15, 0.2) is 12.3 Å². The minimum Gasteiger partial charge on any atom is -0.381 e. The highest BCUT2D eigenvalue weighted by atomic mass is 19.4. The molecule has 1 aromatic heterocycles. The topological polar surface area (TPSA) is 67.6 Å². The Morgan fingerprint density at radius 2 is 1.85 bits per heavy atom. The smallest absolute Gasteiger partial charge is 0.381 e. The molecule has 3 heterocycles. The SMILES string of the molecule is C[C@@](O)(C(=O)N1CCC(c2ccnn2C2CCOCC2)CC1)C(F)(F)F. The molecular weight excluding hydrogens is 351 g/mol. The molecule has 9 heteroatoms. The molecule has 1 N–H and O–H groups in total. The van der Waals surface area contributed by atoms with Crippen molar-refractivity contribution in [2.24, 2.45) is 0 Å². The van der Waals surface area contributed by atoms with E-state index in [1.165, 1.54) is 0 Å². The fraction of sp³-hybridized carbons (Fsp3) is 0.765. The Morgan fingerprint density at radius 3 is 2.42 bits per heavy atom. The van der Waals surface area contributed by atoms with E-state index in [-0.39, 0.29) is 25.0 Å². The second-order valence-electron chi connectivity index (χ2n) is 7.18. The first-order chi connectivity index (χ1) is 12.2. The summed E-state index contributed by atoms with van der Waals surface area (Å²) >= 11 is 0. The van der Waals surface area contributed by atoms with Crippen LogP contribution < -0.4 is 0 Å². The molecule has 1 atom stereocenters. The maximum atomic E-state index is 12.9. The molecule has 146 valence electrons. The largest absolute Gasteiger partial charge is 0.426 e. The lowest BCUT2D eigenvalue weighted by atomic mass is 9.91. The summed E-state index contributed by atoms with van der Waals surface area (Å²) in [6.45, 7) is 2.29. The number of rotatable bonds is 3. The van der Waals surface area contributed by atoms with Gasteiger partial charge in [-0.2, -0.15) is 18.3 Å². The number of carbonyl (C=O) groups excluding carboxylic acids is 1. The van der Waals surface area contributed by atoms with Gasteiger partial charge in [-0.05, 0) is 38.7 Å². The molecule has 2 aliphatic heterocycles. The first kappa shape index (κ1) is 19.2. The summed E-state index contributed by atoms with van der Waals surface area (Å²) in [5.74, 6) is -1.14. The number of halogens is 3. The maximum Gasteiger partial charge on any atom is 0.426 e. The molecule has 2 saturated heterocycles. The van der Waals surface area contributed by atoms with E-state index >= 15 is 0 Å². The number of carbonyl (C=O) groups is 1. The minimum absolute atomic E-state index is 0.139. The minimum atomic E-state index is -4.98. The van der Waals surface area contributed by atoms with Crippen LogP contribution >= 0.6 is 0 Å². The van der Waals surface area contributed by atoms with Crippen LogP contribution in [-0.4, -0.2) is 63.8 Å². The van der Waals surface area contributed by atoms with Gasteiger partial charge in [0.2, 0.25) is 5.60 Å². The van der Waals surface area contributed by atoms with E-state index in [1.54, 1.807) is 6.20 Å². The number of hydrogen-bond donors (Lipinski definition) is 1. The molecule has 26 heavy (non-hydrogen) atoms. The van der Waals surface area contributed by atoms with Gasteiger partial charge in [0.05, 0.1) is 6.04 Å². The van der Waals surface area contributed by atoms with Crippen LogP contribution in [0.25, 0.3) is 0 Å². The number of amides is 1. The highest BCUT2D eigenvalue weighted by Gasteiger charge is 2.57. The van der Waals surface area contributed by atoms with Crippen molar-refractivity contribution in [2.45, 2.75) is 56.3 Å². The van der Waals surface area contributed by atoms with Gasteiger partial charge in [-0.25, -0.2) is 0 Å². The Bertz CT molecular complexity index is 631. The Morgan fingerprint density at radius 1 is 1.23 bits per heavy atom. The van der Waals surface area contributed by atoms with Crippen molar-refractivity contribution in [1.29, 1.82) is 0 Å². The molecule has 6 nitrogen and oxygen atoms in total. The predicted octanol–water partition coefficient (Wildman–Crippen LogP) is 2.25. The molecule has 0 bridgehead atoms. The van der Waals surface area contributed by atoms with Crippen LogP contribution in [0, 0.1) is 0 Å². The quantitative estimate of drug-likeness (QED) is 0.880. The zero-order chi connectivity index (χ0) is 18.9. The van der Waals surface area contributed by atoms with Crippen molar-refractivity contribution in [1.82, 2.24) is 14.7 Å². The third-order valence-corrected chi connectivity index (χ3v) is 5.41. The van der Waals surface area contributed by atoms with Gasteiger partial charge in [0, 0.05) is 44.1 Å². The van der Waals surface area contributed by atoms with Crippen LogP contribution in [0.3, 0.4) is 0 Å². The fourth-order valence-electron chi connectivity index (χ4n) is 3.69. The second kappa shape index (κ2) is 7.19. The Balaban J connectivity index is 1.64. The molecule has 0 spiro atoms. The lowest BCUT2D eigenvalue weighted by Crippen LogP contribution is -2.57. The third kappa shape index (κ3) is 3.59. The number of nitrogens with zero attached hydrogens (tertiary/aromatic N) is 3. The van der Waals surface area contributed by atoms with E-state index in [4.69, 9.17) is 4.74 Å². The van der Waals surface area contributed by atoms with Gasteiger partial charge in [-0.3, -0.25) is 9.48 Å². The summed E-state index contributed by atoms with van der Waals surface area (Å²) < 4.78 is 46.0. The van der Waals surface area contributed by atoms with Gasteiger partial charge in [0.25, 0.3) is 5.91 Å². The average molecular weight is 375 g/mol. The van der Waals surface area contributed by atoms with E-state index in [9.17, 15) is 23.1 Å². The van der Waals surface area contributed by atoms with Gasteiger partial charge in [-0.15, -0.1) is 0 Å². The number of ether oxygens (including phenoxy) is 1. The summed E-state index contributed by atoms with van der Waals surface area (Å²) in [5.41, 5.74) is -2.28. The molecule has 1 amide bonds. The highest BCUT2D eigenvalue weighted by molar-refractivity contribution is 5.85.